The predicted molar refractivity (Wildman–Crippen MR) is 114 cm³/mol. The molecule has 1 aromatic carbocycles. The van der Waals surface area contributed by atoms with Crippen LogP contribution in [0.3, 0.4) is 0 Å². The van der Waals surface area contributed by atoms with Crippen LogP contribution in [0.15, 0.2) is 36.5 Å². The Labute approximate surface area is 170 Å². The molecular formula is C24H34N4. The van der Waals surface area contributed by atoms with Crippen LogP contribution < -0.4 is 0 Å². The fourth-order valence-electron chi connectivity index (χ4n) is 4.41. The van der Waals surface area contributed by atoms with Crippen molar-refractivity contribution >= 4 is 0 Å². The normalized spacial score (nSPS) is 19.5. The van der Waals surface area contributed by atoms with E-state index in [0.717, 1.165) is 37.8 Å². The third kappa shape index (κ3) is 4.79. The average Bonchev–Trinajstić information content (AvgIpc) is 2.69. The Morgan fingerprint density at radius 3 is 2.46 bits per heavy atom. The number of benzene rings is 1. The molecule has 0 aliphatic carbocycles. The topological polar surface area (TPSA) is 32.3 Å². The lowest BCUT2D eigenvalue weighted by atomic mass is 9.93. The molecule has 0 saturated carbocycles. The minimum absolute atomic E-state index is 0.0168. The summed E-state index contributed by atoms with van der Waals surface area (Å²) < 4.78 is 0. The maximum atomic E-state index is 4.93. The highest BCUT2D eigenvalue weighted by molar-refractivity contribution is 5.22. The number of nitrogens with zero attached hydrogens (tertiary/aromatic N) is 4. The van der Waals surface area contributed by atoms with Gasteiger partial charge in [0.15, 0.2) is 0 Å². The second kappa shape index (κ2) is 8.30. The van der Waals surface area contributed by atoms with Gasteiger partial charge in [0.25, 0.3) is 0 Å². The lowest BCUT2D eigenvalue weighted by Crippen LogP contribution is -2.40. The lowest BCUT2D eigenvalue weighted by Gasteiger charge is -2.36. The van der Waals surface area contributed by atoms with Gasteiger partial charge >= 0.3 is 0 Å². The number of piperidine rings is 1. The van der Waals surface area contributed by atoms with Crippen molar-refractivity contribution in [1.82, 2.24) is 19.8 Å². The molecule has 0 radical (unpaired) electrons. The molecule has 2 aromatic rings. The maximum absolute atomic E-state index is 4.93. The van der Waals surface area contributed by atoms with Gasteiger partial charge in [0.05, 0.1) is 5.69 Å². The van der Waals surface area contributed by atoms with Crippen molar-refractivity contribution in [2.75, 3.05) is 26.2 Å². The van der Waals surface area contributed by atoms with Crippen LogP contribution in [0.4, 0.5) is 0 Å². The summed E-state index contributed by atoms with van der Waals surface area (Å²) >= 11 is 0. The van der Waals surface area contributed by atoms with Crippen LogP contribution in [-0.2, 0) is 24.9 Å². The van der Waals surface area contributed by atoms with E-state index in [0.29, 0.717) is 0 Å². The zero-order valence-electron chi connectivity index (χ0n) is 17.7. The smallest absolute Gasteiger partial charge is 0.133 e. The Morgan fingerprint density at radius 1 is 1.00 bits per heavy atom. The molecule has 0 spiro atoms. The Balaban J connectivity index is 1.29. The number of aromatic nitrogens is 2. The number of likely N-dealkylation sites (tertiary alicyclic amines) is 1. The Hall–Kier alpha value is -1.78. The predicted octanol–water partition coefficient (Wildman–Crippen LogP) is 4.04. The molecule has 1 aromatic heterocycles. The molecule has 28 heavy (non-hydrogen) atoms. The van der Waals surface area contributed by atoms with E-state index in [9.17, 15) is 0 Å². The van der Waals surface area contributed by atoms with Crippen LogP contribution in [0.25, 0.3) is 0 Å². The molecule has 0 N–H and O–H groups in total. The number of hydrogen-bond acceptors (Lipinski definition) is 4. The Kier molecular flexibility index (Phi) is 5.79. The van der Waals surface area contributed by atoms with Gasteiger partial charge < -0.3 is 0 Å². The van der Waals surface area contributed by atoms with Crippen LogP contribution in [0.1, 0.15) is 56.3 Å². The van der Waals surface area contributed by atoms with Gasteiger partial charge in [-0.2, -0.15) is 0 Å². The first-order valence-electron chi connectivity index (χ1n) is 10.8. The monoisotopic (exact) mass is 378 g/mol. The third-order valence-electron chi connectivity index (χ3n) is 6.17. The summed E-state index contributed by atoms with van der Waals surface area (Å²) in [6, 6.07) is 10.9. The maximum Gasteiger partial charge on any atom is 0.133 e. The molecule has 4 heteroatoms. The number of rotatable bonds is 4. The van der Waals surface area contributed by atoms with Crippen molar-refractivity contribution in [3.05, 3.63) is 59.2 Å². The minimum Gasteiger partial charge on any atom is -0.299 e. The number of hydrogen-bond donors (Lipinski definition) is 0. The van der Waals surface area contributed by atoms with Gasteiger partial charge in [-0.3, -0.25) is 9.80 Å². The van der Waals surface area contributed by atoms with Gasteiger partial charge in [0.1, 0.15) is 5.82 Å². The lowest BCUT2D eigenvalue weighted by molar-refractivity contribution is 0.131. The van der Waals surface area contributed by atoms with E-state index in [1.54, 1.807) is 0 Å². The summed E-state index contributed by atoms with van der Waals surface area (Å²) in [5.74, 6) is 1.79. The summed E-state index contributed by atoms with van der Waals surface area (Å²) in [5, 5.41) is 0. The van der Waals surface area contributed by atoms with Crippen molar-refractivity contribution in [2.24, 2.45) is 5.92 Å². The second-order valence-electron chi connectivity index (χ2n) is 9.61. The molecule has 0 bridgehead atoms. The van der Waals surface area contributed by atoms with E-state index >= 15 is 0 Å². The molecule has 4 nitrogen and oxygen atoms in total. The first-order valence-corrected chi connectivity index (χ1v) is 10.8. The standard InChI is InChI=1S/C24H34N4/c1-24(2,3)23-25-15-21-11-14-28(18-22(21)26-23)17-20-9-12-27(13-10-20)16-19-7-5-4-6-8-19/h4-8,15,20H,9-14,16-18H2,1-3H3. The SMILES string of the molecule is CC(C)(C)c1ncc2c(n1)CN(CC1CCN(Cc3ccccc3)CC1)CC2. The van der Waals surface area contributed by atoms with Crippen molar-refractivity contribution in [2.45, 2.75) is 58.5 Å². The zero-order chi connectivity index (χ0) is 19.6. The van der Waals surface area contributed by atoms with E-state index in [-0.39, 0.29) is 5.41 Å². The third-order valence-corrected chi connectivity index (χ3v) is 6.17. The summed E-state index contributed by atoms with van der Waals surface area (Å²) in [4.78, 5) is 14.8. The van der Waals surface area contributed by atoms with E-state index in [1.165, 1.54) is 49.3 Å². The van der Waals surface area contributed by atoms with Gasteiger partial charge in [-0.15, -0.1) is 0 Å². The molecular weight excluding hydrogens is 344 g/mol. The van der Waals surface area contributed by atoms with Crippen molar-refractivity contribution < 1.29 is 0 Å². The van der Waals surface area contributed by atoms with Crippen LogP contribution in [0.5, 0.6) is 0 Å². The van der Waals surface area contributed by atoms with E-state index in [4.69, 9.17) is 4.98 Å². The zero-order valence-corrected chi connectivity index (χ0v) is 17.7. The first-order chi connectivity index (χ1) is 13.5. The van der Waals surface area contributed by atoms with Crippen LogP contribution in [0, 0.1) is 5.92 Å². The molecule has 4 rings (SSSR count). The van der Waals surface area contributed by atoms with Gasteiger partial charge in [-0.25, -0.2) is 9.97 Å². The molecule has 0 atom stereocenters. The summed E-state index contributed by atoms with van der Waals surface area (Å²) in [6.45, 7) is 13.5. The summed E-state index contributed by atoms with van der Waals surface area (Å²) in [7, 11) is 0. The van der Waals surface area contributed by atoms with E-state index in [2.05, 4.69) is 72.1 Å². The molecule has 1 saturated heterocycles. The minimum atomic E-state index is 0.0168. The van der Waals surface area contributed by atoms with Gasteiger partial charge in [0.2, 0.25) is 0 Å². The van der Waals surface area contributed by atoms with E-state index < -0.39 is 0 Å². The Bertz CT molecular complexity index is 773. The largest absolute Gasteiger partial charge is 0.299 e. The molecule has 0 amide bonds. The molecule has 2 aliphatic rings. The molecule has 3 heterocycles. The van der Waals surface area contributed by atoms with Gasteiger partial charge in [-0.1, -0.05) is 51.1 Å². The van der Waals surface area contributed by atoms with Crippen molar-refractivity contribution in [3.63, 3.8) is 0 Å². The second-order valence-corrected chi connectivity index (χ2v) is 9.61. The quantitative estimate of drug-likeness (QED) is 0.804. The molecule has 2 aliphatic heterocycles. The molecule has 1 fully saturated rings. The van der Waals surface area contributed by atoms with Gasteiger partial charge in [0, 0.05) is 37.8 Å². The molecule has 0 unspecified atom stereocenters. The van der Waals surface area contributed by atoms with Crippen molar-refractivity contribution in [3.8, 4) is 0 Å². The fourth-order valence-corrected chi connectivity index (χ4v) is 4.41. The first kappa shape index (κ1) is 19.5. The van der Waals surface area contributed by atoms with Crippen LogP contribution in [-0.4, -0.2) is 45.9 Å². The fraction of sp³-hybridized carbons (Fsp3) is 0.583. The Morgan fingerprint density at radius 2 is 1.75 bits per heavy atom. The average molecular weight is 379 g/mol. The summed E-state index contributed by atoms with van der Waals surface area (Å²) in [6.07, 6.45) is 5.79. The van der Waals surface area contributed by atoms with Gasteiger partial charge in [-0.05, 0) is 49.4 Å². The number of fused-ring (bicyclic) bond motifs is 1. The molecule has 150 valence electrons. The van der Waals surface area contributed by atoms with Crippen LogP contribution >= 0.6 is 0 Å². The highest BCUT2D eigenvalue weighted by Crippen LogP contribution is 2.25. The highest BCUT2D eigenvalue weighted by Gasteiger charge is 2.26. The van der Waals surface area contributed by atoms with Crippen LogP contribution in [0.2, 0.25) is 0 Å². The summed E-state index contributed by atoms with van der Waals surface area (Å²) in [5.41, 5.74) is 4.06. The van der Waals surface area contributed by atoms with Crippen molar-refractivity contribution in [1.29, 1.82) is 0 Å². The van der Waals surface area contributed by atoms with E-state index in [1.807, 2.05) is 0 Å². The highest BCUT2D eigenvalue weighted by atomic mass is 15.2.